The summed E-state index contributed by atoms with van der Waals surface area (Å²) in [7, 11) is 0. The van der Waals surface area contributed by atoms with Crippen LogP contribution in [0.2, 0.25) is 0 Å². The number of pyridine rings is 1. The van der Waals surface area contributed by atoms with E-state index in [-0.39, 0.29) is 34.0 Å². The molecular formula is C26H13BrN2O4. The van der Waals surface area contributed by atoms with E-state index in [4.69, 9.17) is 4.42 Å². The van der Waals surface area contributed by atoms with Gasteiger partial charge in [-0.25, -0.2) is 4.98 Å². The van der Waals surface area contributed by atoms with Crippen LogP contribution in [0.3, 0.4) is 0 Å². The highest BCUT2D eigenvalue weighted by Crippen LogP contribution is 2.40. The Morgan fingerprint density at radius 2 is 1.64 bits per heavy atom. The molecule has 0 aliphatic heterocycles. The Hall–Kier alpha value is -4.10. The first kappa shape index (κ1) is 19.6. The zero-order chi connectivity index (χ0) is 22.7. The van der Waals surface area contributed by atoms with Crippen molar-refractivity contribution in [3.63, 3.8) is 0 Å². The average Bonchev–Trinajstić information content (AvgIpc) is 3.25. The predicted octanol–water partition coefficient (Wildman–Crippen LogP) is 5.77. The zero-order valence-electron chi connectivity index (χ0n) is 16.9. The summed E-state index contributed by atoms with van der Waals surface area (Å²) < 4.78 is 6.48. The van der Waals surface area contributed by atoms with Crippen molar-refractivity contribution in [1.29, 1.82) is 0 Å². The number of halogens is 1. The number of carbonyl (C=O) groups excluding carboxylic acids is 3. The van der Waals surface area contributed by atoms with Gasteiger partial charge in [-0.2, -0.15) is 0 Å². The monoisotopic (exact) mass is 496 g/mol. The molecule has 1 aliphatic carbocycles. The van der Waals surface area contributed by atoms with E-state index >= 15 is 0 Å². The number of nitrogens with one attached hydrogen (secondary N) is 1. The Morgan fingerprint density at radius 3 is 2.42 bits per heavy atom. The number of carbonyl (C=O) groups is 3. The number of aromatic nitrogens is 1. The third kappa shape index (κ3) is 2.86. The fourth-order valence-electron chi connectivity index (χ4n) is 4.30. The summed E-state index contributed by atoms with van der Waals surface area (Å²) in [4.78, 5) is 44.1. The van der Waals surface area contributed by atoms with Crippen molar-refractivity contribution in [2.45, 2.75) is 0 Å². The van der Waals surface area contributed by atoms with Gasteiger partial charge in [0.05, 0.1) is 16.8 Å². The van der Waals surface area contributed by atoms with Gasteiger partial charge in [0.25, 0.3) is 5.91 Å². The summed E-state index contributed by atoms with van der Waals surface area (Å²) in [5.41, 5.74) is 1.73. The summed E-state index contributed by atoms with van der Waals surface area (Å²) in [5, 5.41) is 4.78. The van der Waals surface area contributed by atoms with Gasteiger partial charge in [0.1, 0.15) is 10.2 Å². The van der Waals surface area contributed by atoms with E-state index in [1.165, 1.54) is 0 Å². The average molecular weight is 497 g/mol. The second-order valence-corrected chi connectivity index (χ2v) is 8.41. The highest BCUT2D eigenvalue weighted by Gasteiger charge is 2.36. The number of amides is 1. The van der Waals surface area contributed by atoms with Crippen LogP contribution in [0.15, 0.2) is 81.9 Å². The van der Waals surface area contributed by atoms with Gasteiger partial charge in [-0.3, -0.25) is 14.4 Å². The first-order valence-corrected chi connectivity index (χ1v) is 10.9. The van der Waals surface area contributed by atoms with Gasteiger partial charge in [-0.15, -0.1) is 0 Å². The molecule has 0 spiro atoms. The molecule has 1 aliphatic rings. The third-order valence-electron chi connectivity index (χ3n) is 5.78. The summed E-state index contributed by atoms with van der Waals surface area (Å²) in [5.74, 6) is -1.15. The van der Waals surface area contributed by atoms with E-state index in [9.17, 15) is 14.4 Å². The minimum atomic E-state index is -0.442. The van der Waals surface area contributed by atoms with Crippen molar-refractivity contribution < 1.29 is 18.8 Å². The fraction of sp³-hybridized carbons (Fsp3) is 0. The Balaban J connectivity index is 1.64. The Kier molecular flexibility index (Phi) is 4.28. The van der Waals surface area contributed by atoms with Crippen LogP contribution in [0.4, 0.5) is 5.69 Å². The molecule has 0 unspecified atom stereocenters. The maximum Gasteiger partial charge on any atom is 0.259 e. The number of hydrogen-bond acceptors (Lipinski definition) is 5. The van der Waals surface area contributed by atoms with E-state index in [2.05, 4.69) is 26.2 Å². The second-order valence-electron chi connectivity index (χ2n) is 7.66. The standard InChI is InChI=1S/C26H13BrN2O4/c27-25-18(10-5-11-28-25)29-26(32)17-12-13-6-1-2-7-14(13)19-20-21(30)15-8-3-4-9-16(15)22(31)24(20)33-23(17)19/h1-12H,(H,29,32). The molecule has 6 rings (SSSR count). The first-order chi connectivity index (χ1) is 16.0. The highest BCUT2D eigenvalue weighted by molar-refractivity contribution is 9.10. The maximum absolute atomic E-state index is 13.5. The zero-order valence-corrected chi connectivity index (χ0v) is 18.5. The molecule has 33 heavy (non-hydrogen) atoms. The number of ketones is 2. The van der Waals surface area contributed by atoms with Crippen LogP contribution in [0.25, 0.3) is 21.7 Å². The molecule has 5 aromatic rings. The third-order valence-corrected chi connectivity index (χ3v) is 6.42. The smallest absolute Gasteiger partial charge is 0.259 e. The number of hydrogen-bond donors (Lipinski definition) is 1. The molecule has 2 heterocycles. The van der Waals surface area contributed by atoms with Gasteiger partial charge in [0.15, 0.2) is 11.5 Å². The number of nitrogens with zero attached hydrogens (tertiary/aromatic N) is 1. The van der Waals surface area contributed by atoms with Gasteiger partial charge >= 0.3 is 0 Å². The first-order valence-electron chi connectivity index (χ1n) is 10.1. The van der Waals surface area contributed by atoms with Gasteiger partial charge in [0, 0.05) is 22.7 Å². The Labute approximate surface area is 195 Å². The number of fused-ring (bicyclic) bond motifs is 6. The number of anilines is 1. The van der Waals surface area contributed by atoms with Gasteiger partial charge < -0.3 is 9.73 Å². The largest absolute Gasteiger partial charge is 0.451 e. The molecule has 1 amide bonds. The lowest BCUT2D eigenvalue weighted by molar-refractivity contribution is 0.0961. The lowest BCUT2D eigenvalue weighted by Gasteiger charge is -2.13. The summed E-state index contributed by atoms with van der Waals surface area (Å²) in [6.45, 7) is 0. The molecule has 2 aromatic heterocycles. The molecule has 0 saturated carbocycles. The van der Waals surface area contributed by atoms with Crippen LogP contribution in [0.1, 0.15) is 42.4 Å². The lowest BCUT2D eigenvalue weighted by Crippen LogP contribution is -2.19. The van der Waals surface area contributed by atoms with E-state index in [0.29, 0.717) is 26.8 Å². The molecule has 7 heteroatoms. The molecule has 1 N–H and O–H groups in total. The molecule has 158 valence electrons. The van der Waals surface area contributed by atoms with Crippen molar-refractivity contribution in [3.8, 4) is 0 Å². The highest BCUT2D eigenvalue weighted by atomic mass is 79.9. The molecule has 3 aromatic carbocycles. The lowest BCUT2D eigenvalue weighted by atomic mass is 9.86. The van der Waals surface area contributed by atoms with Gasteiger partial charge in [-0.1, -0.05) is 48.5 Å². The normalized spacial score (nSPS) is 12.6. The van der Waals surface area contributed by atoms with Crippen molar-refractivity contribution in [2.24, 2.45) is 0 Å². The van der Waals surface area contributed by atoms with E-state index in [1.807, 2.05) is 24.3 Å². The topological polar surface area (TPSA) is 89.3 Å². The minimum Gasteiger partial charge on any atom is -0.451 e. The maximum atomic E-state index is 13.5. The van der Waals surface area contributed by atoms with E-state index < -0.39 is 5.91 Å². The fourth-order valence-corrected chi connectivity index (χ4v) is 4.65. The second kappa shape index (κ2) is 7.21. The van der Waals surface area contributed by atoms with Crippen LogP contribution in [-0.2, 0) is 0 Å². The number of rotatable bonds is 2. The van der Waals surface area contributed by atoms with Crippen LogP contribution >= 0.6 is 15.9 Å². The van der Waals surface area contributed by atoms with Crippen molar-refractivity contribution in [3.05, 3.63) is 106 Å². The van der Waals surface area contributed by atoms with Crippen LogP contribution in [-0.4, -0.2) is 22.5 Å². The quantitative estimate of drug-likeness (QED) is 0.307. The molecule has 0 fully saturated rings. The minimum absolute atomic E-state index is 0.0401. The number of furan rings is 1. The Morgan fingerprint density at radius 1 is 0.909 bits per heavy atom. The molecule has 0 saturated heterocycles. The molecule has 0 bridgehead atoms. The molecule has 6 nitrogen and oxygen atoms in total. The summed E-state index contributed by atoms with van der Waals surface area (Å²) >= 11 is 3.33. The molecule has 0 radical (unpaired) electrons. The van der Waals surface area contributed by atoms with Gasteiger partial charge in [0.2, 0.25) is 5.78 Å². The van der Waals surface area contributed by atoms with Crippen LogP contribution < -0.4 is 5.32 Å². The van der Waals surface area contributed by atoms with Crippen LogP contribution in [0, 0.1) is 0 Å². The van der Waals surface area contributed by atoms with E-state index in [0.717, 1.165) is 10.8 Å². The SMILES string of the molecule is O=C1c2ccccc2C(=O)c2c1oc1c(C(=O)Nc3cccnc3Br)cc3ccccc3c21. The summed E-state index contributed by atoms with van der Waals surface area (Å²) in [6.07, 6.45) is 1.60. The van der Waals surface area contributed by atoms with Crippen LogP contribution in [0.5, 0.6) is 0 Å². The number of benzene rings is 3. The van der Waals surface area contributed by atoms with Gasteiger partial charge in [-0.05, 0) is 44.9 Å². The predicted molar refractivity (Wildman–Crippen MR) is 127 cm³/mol. The summed E-state index contributed by atoms with van der Waals surface area (Å²) in [6, 6.07) is 19.2. The van der Waals surface area contributed by atoms with Crippen molar-refractivity contribution in [2.75, 3.05) is 5.32 Å². The Bertz CT molecular complexity index is 1670. The van der Waals surface area contributed by atoms with Crippen molar-refractivity contribution >= 4 is 60.8 Å². The van der Waals surface area contributed by atoms with E-state index in [1.54, 1.807) is 48.7 Å². The van der Waals surface area contributed by atoms with Crippen molar-refractivity contribution in [1.82, 2.24) is 4.98 Å². The molecule has 0 atom stereocenters. The molecular weight excluding hydrogens is 484 g/mol.